The summed E-state index contributed by atoms with van der Waals surface area (Å²) >= 11 is 8.84. The summed E-state index contributed by atoms with van der Waals surface area (Å²) in [6.45, 7) is 0. The second-order valence-corrected chi connectivity index (χ2v) is 7.98. The number of rotatable bonds is 7. The van der Waals surface area contributed by atoms with Crippen LogP contribution in [0.2, 0.25) is 5.02 Å². The molecule has 0 aliphatic carbocycles. The van der Waals surface area contributed by atoms with Crippen molar-refractivity contribution in [2.45, 2.75) is 10.1 Å². The van der Waals surface area contributed by atoms with E-state index < -0.39 is 0 Å². The van der Waals surface area contributed by atoms with Crippen LogP contribution in [0.1, 0.15) is 15.9 Å². The molecule has 27 heavy (non-hydrogen) atoms. The number of amides is 1. The molecule has 1 aromatic heterocycles. The van der Waals surface area contributed by atoms with Crippen LogP contribution in [0.15, 0.2) is 46.8 Å². The number of benzene rings is 2. The average Bonchev–Trinajstić information content (AvgIpc) is 3.13. The van der Waals surface area contributed by atoms with Gasteiger partial charge in [-0.2, -0.15) is 0 Å². The number of aromatic nitrogens is 2. The highest BCUT2D eigenvalue weighted by Gasteiger charge is 2.13. The first-order valence-corrected chi connectivity index (χ1v) is 10.0. The molecule has 0 aliphatic rings. The van der Waals surface area contributed by atoms with E-state index in [0.717, 1.165) is 15.7 Å². The minimum absolute atomic E-state index is 0.310. The predicted molar refractivity (Wildman–Crippen MR) is 108 cm³/mol. The Morgan fingerprint density at radius 1 is 1.15 bits per heavy atom. The second kappa shape index (κ2) is 9.07. The fourth-order valence-corrected chi connectivity index (χ4v) is 4.10. The van der Waals surface area contributed by atoms with Crippen LogP contribution < -0.4 is 14.8 Å². The average molecular weight is 422 g/mol. The number of hydrogen-bond acceptors (Lipinski definition) is 7. The van der Waals surface area contributed by atoms with E-state index in [1.807, 2.05) is 24.3 Å². The minimum atomic E-state index is -0.310. The lowest BCUT2D eigenvalue weighted by atomic mass is 10.2. The maximum absolute atomic E-state index is 12.5. The number of nitrogens with one attached hydrogen (secondary N) is 1. The first kappa shape index (κ1) is 19.5. The maximum Gasteiger partial charge on any atom is 0.257 e. The summed E-state index contributed by atoms with van der Waals surface area (Å²) in [5.74, 6) is 1.48. The number of anilines is 1. The highest BCUT2D eigenvalue weighted by atomic mass is 35.5. The van der Waals surface area contributed by atoms with E-state index in [4.69, 9.17) is 21.1 Å². The van der Waals surface area contributed by atoms with Crippen LogP contribution in [-0.4, -0.2) is 30.3 Å². The zero-order valence-corrected chi connectivity index (χ0v) is 17.0. The van der Waals surface area contributed by atoms with Gasteiger partial charge in [-0.25, -0.2) is 0 Å². The van der Waals surface area contributed by atoms with Crippen LogP contribution in [0.3, 0.4) is 0 Å². The number of nitrogens with zero attached hydrogens (tertiary/aromatic N) is 2. The lowest BCUT2D eigenvalue weighted by molar-refractivity contribution is 0.102. The number of hydrogen-bond donors (Lipinski definition) is 1. The first-order chi connectivity index (χ1) is 13.1. The normalized spacial score (nSPS) is 10.5. The Balaban J connectivity index is 1.64. The van der Waals surface area contributed by atoms with Gasteiger partial charge in [0.15, 0.2) is 4.34 Å². The molecule has 140 valence electrons. The smallest absolute Gasteiger partial charge is 0.257 e. The van der Waals surface area contributed by atoms with Crippen LogP contribution in [0.5, 0.6) is 11.5 Å². The van der Waals surface area contributed by atoms with Crippen molar-refractivity contribution in [3.8, 4) is 11.5 Å². The van der Waals surface area contributed by atoms with Crippen LogP contribution in [0.4, 0.5) is 5.13 Å². The Bertz CT molecular complexity index is 927. The molecule has 6 nitrogen and oxygen atoms in total. The molecule has 0 fully saturated rings. The zero-order chi connectivity index (χ0) is 19.2. The fourth-order valence-electron chi connectivity index (χ4n) is 2.20. The predicted octanol–water partition coefficient (Wildman–Crippen LogP) is 4.75. The van der Waals surface area contributed by atoms with Crippen LogP contribution in [0.25, 0.3) is 0 Å². The monoisotopic (exact) mass is 421 g/mol. The molecular weight excluding hydrogens is 406 g/mol. The van der Waals surface area contributed by atoms with Gasteiger partial charge in [0.25, 0.3) is 5.91 Å². The van der Waals surface area contributed by atoms with E-state index in [9.17, 15) is 4.79 Å². The number of methoxy groups -OCH3 is 2. The largest absolute Gasteiger partial charge is 0.497 e. The third-order valence-electron chi connectivity index (χ3n) is 3.49. The molecule has 1 N–H and O–H groups in total. The molecule has 0 atom stereocenters. The highest BCUT2D eigenvalue weighted by molar-refractivity contribution is 8.00. The number of carbonyl (C=O) groups excluding carboxylic acids is 1. The Hall–Kier alpha value is -2.29. The van der Waals surface area contributed by atoms with Gasteiger partial charge in [0.1, 0.15) is 11.5 Å². The molecule has 0 saturated heterocycles. The van der Waals surface area contributed by atoms with E-state index in [1.54, 1.807) is 18.2 Å². The molecule has 3 rings (SSSR count). The molecule has 1 heterocycles. The molecule has 0 spiro atoms. The van der Waals surface area contributed by atoms with Crippen molar-refractivity contribution in [1.29, 1.82) is 0 Å². The lowest BCUT2D eigenvalue weighted by Crippen LogP contribution is -2.12. The Labute approximate surface area is 169 Å². The summed E-state index contributed by atoms with van der Waals surface area (Å²) in [4.78, 5) is 12.5. The summed E-state index contributed by atoms with van der Waals surface area (Å²) in [6.07, 6.45) is 0. The van der Waals surface area contributed by atoms with Crippen LogP contribution >= 0.6 is 34.7 Å². The van der Waals surface area contributed by atoms with E-state index in [1.165, 1.54) is 37.3 Å². The number of ether oxygens (including phenoxy) is 2. The third kappa shape index (κ3) is 5.35. The maximum atomic E-state index is 12.5. The minimum Gasteiger partial charge on any atom is -0.497 e. The van der Waals surface area contributed by atoms with E-state index in [2.05, 4.69) is 15.5 Å². The summed E-state index contributed by atoms with van der Waals surface area (Å²) in [5, 5.41) is 12.0. The summed E-state index contributed by atoms with van der Waals surface area (Å²) in [5.41, 5.74) is 1.51. The molecule has 0 aliphatic heterocycles. The quantitative estimate of drug-likeness (QED) is 0.438. The van der Waals surface area contributed by atoms with Crippen molar-refractivity contribution >= 4 is 45.7 Å². The summed E-state index contributed by atoms with van der Waals surface area (Å²) in [6, 6.07) is 12.6. The lowest BCUT2D eigenvalue weighted by Gasteiger charge is -2.07. The summed E-state index contributed by atoms with van der Waals surface area (Å²) in [7, 11) is 3.06. The van der Waals surface area contributed by atoms with Crippen LogP contribution in [0, 0.1) is 0 Å². The Kier molecular flexibility index (Phi) is 6.54. The molecule has 0 unspecified atom stereocenters. The number of carbonyl (C=O) groups is 1. The topological polar surface area (TPSA) is 73.3 Å². The van der Waals surface area contributed by atoms with Gasteiger partial charge in [0.05, 0.1) is 14.2 Å². The molecule has 0 bridgehead atoms. The third-order valence-corrected chi connectivity index (χ3v) is 5.77. The highest BCUT2D eigenvalue weighted by Crippen LogP contribution is 2.29. The SMILES string of the molecule is COc1cc(OC)cc(C(=O)Nc2nnc(SCc3cccc(Cl)c3)s2)c1. The summed E-state index contributed by atoms with van der Waals surface area (Å²) < 4.78 is 11.1. The molecule has 2 aromatic carbocycles. The molecular formula is C18H16ClN3O3S2. The van der Waals surface area contributed by atoms with Crippen molar-refractivity contribution < 1.29 is 14.3 Å². The van der Waals surface area contributed by atoms with Gasteiger partial charge in [-0.15, -0.1) is 10.2 Å². The second-order valence-electron chi connectivity index (χ2n) is 5.35. The van der Waals surface area contributed by atoms with Gasteiger partial charge < -0.3 is 9.47 Å². The Morgan fingerprint density at radius 3 is 2.56 bits per heavy atom. The van der Waals surface area contributed by atoms with Crippen molar-refractivity contribution in [3.63, 3.8) is 0 Å². The van der Waals surface area contributed by atoms with Gasteiger partial charge in [0, 0.05) is 22.4 Å². The number of thioether (sulfide) groups is 1. The zero-order valence-electron chi connectivity index (χ0n) is 14.6. The van der Waals surface area contributed by atoms with E-state index in [-0.39, 0.29) is 5.91 Å². The molecule has 1 amide bonds. The van der Waals surface area contributed by atoms with E-state index in [0.29, 0.717) is 27.2 Å². The molecule has 0 saturated carbocycles. The van der Waals surface area contributed by atoms with Gasteiger partial charge in [-0.3, -0.25) is 10.1 Å². The molecule has 9 heteroatoms. The standard InChI is InChI=1S/C18H16ClN3O3S2/c1-24-14-7-12(8-15(9-14)25-2)16(23)20-17-21-22-18(27-17)26-10-11-4-3-5-13(19)6-11/h3-9H,10H2,1-2H3,(H,20,21,23). The van der Waals surface area contributed by atoms with Crippen molar-refractivity contribution in [1.82, 2.24) is 10.2 Å². The molecule has 3 aromatic rings. The van der Waals surface area contributed by atoms with Gasteiger partial charge in [0.2, 0.25) is 5.13 Å². The van der Waals surface area contributed by atoms with Gasteiger partial charge in [-0.05, 0) is 29.8 Å². The van der Waals surface area contributed by atoms with E-state index >= 15 is 0 Å². The van der Waals surface area contributed by atoms with Crippen molar-refractivity contribution in [3.05, 3.63) is 58.6 Å². The fraction of sp³-hybridized carbons (Fsp3) is 0.167. The van der Waals surface area contributed by atoms with Gasteiger partial charge >= 0.3 is 0 Å². The van der Waals surface area contributed by atoms with Crippen molar-refractivity contribution in [2.24, 2.45) is 0 Å². The molecule has 0 radical (unpaired) electrons. The van der Waals surface area contributed by atoms with Crippen LogP contribution in [-0.2, 0) is 5.75 Å². The first-order valence-electron chi connectivity index (χ1n) is 7.82. The van der Waals surface area contributed by atoms with Gasteiger partial charge in [-0.1, -0.05) is 46.8 Å². The Morgan fingerprint density at radius 2 is 1.89 bits per heavy atom. The number of halogens is 1. The van der Waals surface area contributed by atoms with Crippen molar-refractivity contribution in [2.75, 3.05) is 19.5 Å².